The number of piperazine rings is 1. The van der Waals surface area contributed by atoms with Crippen LogP contribution >= 0.6 is 0 Å². The molecule has 0 saturated carbocycles. The molecule has 7 heteroatoms. The summed E-state index contributed by atoms with van der Waals surface area (Å²) in [6.07, 6.45) is 4.61. The van der Waals surface area contributed by atoms with Gasteiger partial charge >= 0.3 is 0 Å². The molecule has 2 N–H and O–H groups in total. The van der Waals surface area contributed by atoms with Gasteiger partial charge in [-0.1, -0.05) is 24.3 Å². The molecular formula is C21H25N5O2. The highest BCUT2D eigenvalue weighted by Gasteiger charge is 2.29. The zero-order chi connectivity index (χ0) is 19.7. The van der Waals surface area contributed by atoms with E-state index in [-0.39, 0.29) is 23.4 Å². The SMILES string of the molecule is CC1(C)CN(C(=O)c2cnc(-c3ccc(C4CCC(=O)N4)cc3)nc2)CCN1. The Labute approximate surface area is 164 Å². The minimum atomic E-state index is -0.0881. The molecule has 146 valence electrons. The van der Waals surface area contributed by atoms with Gasteiger partial charge in [0.1, 0.15) is 0 Å². The molecule has 0 spiro atoms. The van der Waals surface area contributed by atoms with Crippen LogP contribution in [0.5, 0.6) is 0 Å². The standard InChI is InChI=1S/C21H25N5O2/c1-21(2)13-26(10-9-24-21)20(28)16-11-22-19(23-12-16)15-5-3-14(4-6-15)17-7-8-18(27)25-17/h3-6,11-12,17,24H,7-10,13H2,1-2H3,(H,25,27). The molecule has 1 aromatic carbocycles. The van der Waals surface area contributed by atoms with E-state index in [1.165, 1.54) is 0 Å². The third-order valence-electron chi connectivity index (χ3n) is 5.32. The van der Waals surface area contributed by atoms with E-state index in [1.807, 2.05) is 29.2 Å². The van der Waals surface area contributed by atoms with Gasteiger partial charge in [-0.25, -0.2) is 9.97 Å². The van der Waals surface area contributed by atoms with Crippen LogP contribution in [0.15, 0.2) is 36.7 Å². The molecule has 2 aliphatic rings. The van der Waals surface area contributed by atoms with Gasteiger partial charge in [-0.15, -0.1) is 0 Å². The van der Waals surface area contributed by atoms with Crippen LogP contribution in [-0.2, 0) is 4.79 Å². The summed E-state index contributed by atoms with van der Waals surface area (Å²) in [5, 5.41) is 6.37. The molecule has 2 amide bonds. The van der Waals surface area contributed by atoms with Gasteiger partial charge < -0.3 is 15.5 Å². The van der Waals surface area contributed by atoms with Gasteiger partial charge in [0.2, 0.25) is 5.91 Å². The van der Waals surface area contributed by atoms with Gasteiger partial charge in [0.15, 0.2) is 5.82 Å². The number of carbonyl (C=O) groups excluding carboxylic acids is 2. The largest absolute Gasteiger partial charge is 0.349 e. The first-order valence-electron chi connectivity index (χ1n) is 9.67. The lowest BCUT2D eigenvalue weighted by atomic mass is 10.0. The first-order chi connectivity index (χ1) is 13.4. The maximum atomic E-state index is 12.7. The first-order valence-corrected chi connectivity index (χ1v) is 9.67. The van der Waals surface area contributed by atoms with Crippen molar-refractivity contribution < 1.29 is 9.59 Å². The van der Waals surface area contributed by atoms with Crippen molar-refractivity contribution in [3.05, 3.63) is 47.8 Å². The monoisotopic (exact) mass is 379 g/mol. The Bertz CT molecular complexity index is 877. The van der Waals surface area contributed by atoms with Crippen LogP contribution in [0.1, 0.15) is 48.7 Å². The number of amides is 2. The fraction of sp³-hybridized carbons (Fsp3) is 0.429. The van der Waals surface area contributed by atoms with Gasteiger partial charge in [-0.2, -0.15) is 0 Å². The summed E-state index contributed by atoms with van der Waals surface area (Å²) < 4.78 is 0. The lowest BCUT2D eigenvalue weighted by molar-refractivity contribution is -0.119. The molecule has 0 radical (unpaired) electrons. The Morgan fingerprint density at radius 3 is 2.50 bits per heavy atom. The van der Waals surface area contributed by atoms with E-state index in [0.29, 0.717) is 30.9 Å². The van der Waals surface area contributed by atoms with Crippen molar-refractivity contribution in [3.8, 4) is 11.4 Å². The number of hydrogen-bond acceptors (Lipinski definition) is 5. The molecule has 4 rings (SSSR count). The molecule has 2 saturated heterocycles. The topological polar surface area (TPSA) is 87.2 Å². The quantitative estimate of drug-likeness (QED) is 0.851. The molecule has 2 aromatic rings. The third-order valence-corrected chi connectivity index (χ3v) is 5.32. The van der Waals surface area contributed by atoms with E-state index in [2.05, 4.69) is 34.4 Å². The van der Waals surface area contributed by atoms with E-state index < -0.39 is 0 Å². The fourth-order valence-electron chi connectivity index (χ4n) is 3.81. The van der Waals surface area contributed by atoms with E-state index in [4.69, 9.17) is 0 Å². The average Bonchev–Trinajstić information content (AvgIpc) is 3.13. The number of hydrogen-bond donors (Lipinski definition) is 2. The van der Waals surface area contributed by atoms with E-state index in [0.717, 1.165) is 24.1 Å². The molecule has 1 aromatic heterocycles. The molecule has 2 aliphatic heterocycles. The zero-order valence-electron chi connectivity index (χ0n) is 16.2. The van der Waals surface area contributed by atoms with Crippen LogP contribution in [0.25, 0.3) is 11.4 Å². The third kappa shape index (κ3) is 3.89. The second-order valence-electron chi connectivity index (χ2n) is 8.11. The lowest BCUT2D eigenvalue weighted by Gasteiger charge is -2.39. The van der Waals surface area contributed by atoms with Gasteiger partial charge in [-0.05, 0) is 25.8 Å². The van der Waals surface area contributed by atoms with Gasteiger partial charge in [0.25, 0.3) is 5.91 Å². The summed E-state index contributed by atoms with van der Waals surface area (Å²) >= 11 is 0. The highest BCUT2D eigenvalue weighted by Crippen LogP contribution is 2.25. The van der Waals surface area contributed by atoms with Crippen LogP contribution in [0.4, 0.5) is 0 Å². The molecule has 3 heterocycles. The number of carbonyl (C=O) groups is 2. The molecule has 0 aliphatic carbocycles. The van der Waals surface area contributed by atoms with E-state index >= 15 is 0 Å². The predicted molar refractivity (Wildman–Crippen MR) is 106 cm³/mol. The molecule has 7 nitrogen and oxygen atoms in total. The molecule has 2 fully saturated rings. The molecule has 1 atom stereocenters. The van der Waals surface area contributed by atoms with Crippen LogP contribution in [-0.4, -0.2) is 51.9 Å². The van der Waals surface area contributed by atoms with Crippen molar-refractivity contribution >= 4 is 11.8 Å². The average molecular weight is 379 g/mol. The van der Waals surface area contributed by atoms with Gasteiger partial charge in [0, 0.05) is 49.6 Å². The van der Waals surface area contributed by atoms with Crippen LogP contribution in [0.2, 0.25) is 0 Å². The predicted octanol–water partition coefficient (Wildman–Crippen LogP) is 1.92. The highest BCUT2D eigenvalue weighted by molar-refractivity contribution is 5.94. The fourth-order valence-corrected chi connectivity index (χ4v) is 3.81. The second kappa shape index (κ2) is 7.31. The Kier molecular flexibility index (Phi) is 4.85. The van der Waals surface area contributed by atoms with Crippen molar-refractivity contribution in [3.63, 3.8) is 0 Å². The maximum Gasteiger partial charge on any atom is 0.257 e. The Morgan fingerprint density at radius 1 is 1.18 bits per heavy atom. The molecule has 0 bridgehead atoms. The Morgan fingerprint density at radius 2 is 1.89 bits per heavy atom. The molecular weight excluding hydrogens is 354 g/mol. The van der Waals surface area contributed by atoms with Gasteiger partial charge in [0.05, 0.1) is 11.6 Å². The summed E-state index contributed by atoms with van der Waals surface area (Å²) in [5.41, 5.74) is 2.39. The van der Waals surface area contributed by atoms with Crippen molar-refractivity contribution in [1.82, 2.24) is 25.5 Å². The van der Waals surface area contributed by atoms with Crippen molar-refractivity contribution in [2.75, 3.05) is 19.6 Å². The lowest BCUT2D eigenvalue weighted by Crippen LogP contribution is -2.58. The summed E-state index contributed by atoms with van der Waals surface area (Å²) in [6, 6.07) is 7.99. The highest BCUT2D eigenvalue weighted by atomic mass is 16.2. The van der Waals surface area contributed by atoms with Crippen molar-refractivity contribution in [1.29, 1.82) is 0 Å². The van der Waals surface area contributed by atoms with Crippen molar-refractivity contribution in [2.24, 2.45) is 0 Å². The summed E-state index contributed by atoms with van der Waals surface area (Å²) in [5.74, 6) is 0.651. The molecule has 1 unspecified atom stereocenters. The smallest absolute Gasteiger partial charge is 0.257 e. The van der Waals surface area contributed by atoms with Crippen LogP contribution in [0.3, 0.4) is 0 Å². The minimum absolute atomic E-state index is 0.0338. The van der Waals surface area contributed by atoms with E-state index in [1.54, 1.807) is 12.4 Å². The summed E-state index contributed by atoms with van der Waals surface area (Å²) in [4.78, 5) is 34.8. The number of nitrogens with zero attached hydrogens (tertiary/aromatic N) is 3. The summed E-state index contributed by atoms with van der Waals surface area (Å²) in [7, 11) is 0. The van der Waals surface area contributed by atoms with Crippen LogP contribution in [0, 0.1) is 0 Å². The number of benzene rings is 1. The normalized spacial score (nSPS) is 21.4. The molecule has 28 heavy (non-hydrogen) atoms. The summed E-state index contributed by atoms with van der Waals surface area (Å²) in [6.45, 7) is 6.31. The first kappa shape index (κ1) is 18.6. The van der Waals surface area contributed by atoms with E-state index in [9.17, 15) is 9.59 Å². The zero-order valence-corrected chi connectivity index (χ0v) is 16.2. The number of rotatable bonds is 3. The van der Waals surface area contributed by atoms with Crippen molar-refractivity contribution in [2.45, 2.75) is 38.3 Å². The number of aromatic nitrogens is 2. The number of nitrogens with one attached hydrogen (secondary N) is 2. The van der Waals surface area contributed by atoms with Crippen LogP contribution < -0.4 is 10.6 Å². The maximum absolute atomic E-state index is 12.7. The Hall–Kier alpha value is -2.80. The minimum Gasteiger partial charge on any atom is -0.349 e. The Balaban J connectivity index is 1.45. The second-order valence-corrected chi connectivity index (χ2v) is 8.11. The van der Waals surface area contributed by atoms with Gasteiger partial charge in [-0.3, -0.25) is 9.59 Å².